The Bertz CT molecular complexity index is 1660. The summed E-state index contributed by atoms with van der Waals surface area (Å²) in [5.41, 5.74) is 1.89. The first-order valence-electron chi connectivity index (χ1n) is 15.1. The van der Waals surface area contributed by atoms with Gasteiger partial charge >= 0.3 is 6.18 Å². The van der Waals surface area contributed by atoms with Crippen LogP contribution >= 0.6 is 0 Å². The predicted molar refractivity (Wildman–Crippen MR) is 163 cm³/mol. The van der Waals surface area contributed by atoms with Gasteiger partial charge in [-0.2, -0.15) is 23.3 Å². The molecule has 4 aromatic rings. The van der Waals surface area contributed by atoms with Gasteiger partial charge in [0.05, 0.1) is 5.56 Å². The van der Waals surface area contributed by atoms with E-state index in [1.54, 1.807) is 25.1 Å². The van der Waals surface area contributed by atoms with Crippen LogP contribution in [0.1, 0.15) is 48.0 Å². The fourth-order valence-corrected chi connectivity index (χ4v) is 5.58. The Morgan fingerprint density at radius 3 is 2.22 bits per heavy atom. The molecule has 1 saturated heterocycles. The maximum Gasteiger partial charge on any atom is 0.416 e. The van der Waals surface area contributed by atoms with Crippen molar-refractivity contribution in [1.82, 2.24) is 25.0 Å². The van der Waals surface area contributed by atoms with Crippen LogP contribution in [0.3, 0.4) is 0 Å². The molecular weight excluding hydrogens is 586 g/mol. The van der Waals surface area contributed by atoms with E-state index >= 15 is 0 Å². The molecule has 0 bridgehead atoms. The second-order valence-electron chi connectivity index (χ2n) is 11.2. The van der Waals surface area contributed by atoms with Crippen molar-refractivity contribution in [2.45, 2.75) is 64.3 Å². The van der Waals surface area contributed by atoms with Gasteiger partial charge < -0.3 is 10.2 Å². The summed E-state index contributed by atoms with van der Waals surface area (Å²) in [5.74, 6) is -0.206. The second-order valence-corrected chi connectivity index (χ2v) is 11.2. The summed E-state index contributed by atoms with van der Waals surface area (Å²) in [6, 6.07) is 18.8. The van der Waals surface area contributed by atoms with Gasteiger partial charge in [-0.3, -0.25) is 9.59 Å². The Morgan fingerprint density at radius 1 is 0.956 bits per heavy atom. The van der Waals surface area contributed by atoms with E-state index in [1.165, 1.54) is 22.9 Å². The van der Waals surface area contributed by atoms with Gasteiger partial charge in [0.15, 0.2) is 0 Å². The molecule has 1 fully saturated rings. The first-order valence-corrected chi connectivity index (χ1v) is 15.1. The largest absolute Gasteiger partial charge is 0.416 e. The van der Waals surface area contributed by atoms with Crippen LogP contribution < -0.4 is 10.9 Å². The topological polar surface area (TPSA) is 80.1 Å². The molecule has 0 radical (unpaired) electrons. The van der Waals surface area contributed by atoms with E-state index in [0.717, 1.165) is 49.2 Å². The number of alkyl halides is 3. The fourth-order valence-electron chi connectivity index (χ4n) is 5.58. The van der Waals surface area contributed by atoms with Crippen molar-refractivity contribution in [2.75, 3.05) is 13.1 Å². The summed E-state index contributed by atoms with van der Waals surface area (Å²) in [6.45, 7) is 3.54. The van der Waals surface area contributed by atoms with Crippen molar-refractivity contribution in [1.29, 1.82) is 0 Å². The SMILES string of the molecule is CCc1nn(CC(=O)N(Cc2ccc(-c3ccc(C(F)(F)F)cc3)cc2)C2CCNCC2)c(CCc2ccccc2F)nc1=O. The Balaban J connectivity index is 1.36. The van der Waals surface area contributed by atoms with Crippen LogP contribution in [0.25, 0.3) is 11.1 Å². The number of nitrogens with zero attached hydrogens (tertiary/aromatic N) is 4. The van der Waals surface area contributed by atoms with Crippen molar-refractivity contribution in [2.24, 2.45) is 0 Å². The molecule has 236 valence electrons. The highest BCUT2D eigenvalue weighted by molar-refractivity contribution is 5.76. The maximum atomic E-state index is 14.3. The van der Waals surface area contributed by atoms with Crippen LogP contribution in [0.15, 0.2) is 77.6 Å². The van der Waals surface area contributed by atoms with Crippen LogP contribution in [-0.4, -0.2) is 44.7 Å². The highest BCUT2D eigenvalue weighted by Crippen LogP contribution is 2.31. The molecule has 1 N–H and O–H groups in total. The van der Waals surface area contributed by atoms with E-state index in [-0.39, 0.29) is 36.4 Å². The molecule has 1 aliphatic heterocycles. The first-order chi connectivity index (χ1) is 21.6. The smallest absolute Gasteiger partial charge is 0.334 e. The second kappa shape index (κ2) is 14.2. The van der Waals surface area contributed by atoms with Gasteiger partial charge in [-0.25, -0.2) is 9.07 Å². The Hall–Kier alpha value is -4.38. The molecule has 1 aliphatic rings. The normalized spacial score (nSPS) is 14.0. The van der Waals surface area contributed by atoms with E-state index in [9.17, 15) is 27.2 Å². The number of halogens is 4. The number of amides is 1. The molecule has 0 atom stereocenters. The van der Waals surface area contributed by atoms with E-state index in [2.05, 4.69) is 15.4 Å². The third kappa shape index (κ3) is 8.02. The summed E-state index contributed by atoms with van der Waals surface area (Å²) in [4.78, 5) is 32.6. The molecule has 11 heteroatoms. The van der Waals surface area contributed by atoms with Crippen molar-refractivity contribution in [3.63, 3.8) is 0 Å². The molecule has 0 saturated carbocycles. The molecule has 0 aliphatic carbocycles. The molecule has 5 rings (SSSR count). The van der Waals surface area contributed by atoms with Crippen molar-refractivity contribution < 1.29 is 22.4 Å². The number of nitrogens with one attached hydrogen (secondary N) is 1. The molecule has 3 aromatic carbocycles. The number of carbonyl (C=O) groups is 1. The summed E-state index contributed by atoms with van der Waals surface area (Å²) >= 11 is 0. The number of aryl methyl sites for hydroxylation is 3. The highest BCUT2D eigenvalue weighted by atomic mass is 19.4. The van der Waals surface area contributed by atoms with E-state index in [0.29, 0.717) is 36.3 Å². The van der Waals surface area contributed by atoms with E-state index in [1.807, 2.05) is 29.2 Å². The zero-order valence-electron chi connectivity index (χ0n) is 25.0. The lowest BCUT2D eigenvalue weighted by atomic mass is 10.0. The maximum absolute atomic E-state index is 14.3. The average molecular weight is 622 g/mol. The van der Waals surface area contributed by atoms with Gasteiger partial charge in [0.2, 0.25) is 5.91 Å². The zero-order chi connectivity index (χ0) is 32.0. The molecule has 1 amide bonds. The molecule has 2 heterocycles. The highest BCUT2D eigenvalue weighted by Gasteiger charge is 2.30. The minimum absolute atomic E-state index is 0.0202. The standard InChI is InChI=1S/C34H35F4N5O2/c1-2-30-33(45)40-31(16-13-26-5-3-4-6-29(26)35)43(41-30)22-32(44)42(28-17-19-39-20-18-28)21-23-7-9-24(10-8-23)25-11-14-27(15-12-25)34(36,37)38/h3-12,14-15,28,39H,2,13,16-22H2,1H3. The molecular formula is C34H35F4N5O2. The van der Waals surface area contributed by atoms with Crippen molar-refractivity contribution >= 4 is 5.91 Å². The molecule has 45 heavy (non-hydrogen) atoms. The van der Waals surface area contributed by atoms with Crippen molar-refractivity contribution in [3.05, 3.63) is 117 Å². The van der Waals surface area contributed by atoms with Gasteiger partial charge in [0.1, 0.15) is 23.9 Å². The monoisotopic (exact) mass is 621 g/mol. The minimum atomic E-state index is -4.40. The minimum Gasteiger partial charge on any atom is -0.334 e. The summed E-state index contributed by atoms with van der Waals surface area (Å²) < 4.78 is 54.7. The molecule has 7 nitrogen and oxygen atoms in total. The molecule has 0 unspecified atom stereocenters. The number of benzene rings is 3. The number of rotatable bonds is 10. The Labute approximate surface area is 258 Å². The van der Waals surface area contributed by atoms with Gasteiger partial charge in [0, 0.05) is 19.0 Å². The lowest BCUT2D eigenvalue weighted by Crippen LogP contribution is -2.47. The first kappa shape index (κ1) is 32.0. The lowest BCUT2D eigenvalue weighted by Gasteiger charge is -2.35. The summed E-state index contributed by atoms with van der Waals surface area (Å²) in [6.07, 6.45) is -1.97. The zero-order valence-corrected chi connectivity index (χ0v) is 25.0. The summed E-state index contributed by atoms with van der Waals surface area (Å²) in [7, 11) is 0. The third-order valence-corrected chi connectivity index (χ3v) is 8.13. The summed E-state index contributed by atoms with van der Waals surface area (Å²) in [5, 5.41) is 7.81. The number of aromatic nitrogens is 3. The van der Waals surface area contributed by atoms with Crippen molar-refractivity contribution in [3.8, 4) is 11.1 Å². The third-order valence-electron chi connectivity index (χ3n) is 8.13. The number of carbonyl (C=O) groups excluding carboxylic acids is 1. The number of hydrogen-bond acceptors (Lipinski definition) is 5. The number of piperidine rings is 1. The molecule has 0 spiro atoms. The predicted octanol–water partition coefficient (Wildman–Crippen LogP) is 5.59. The average Bonchev–Trinajstić information content (AvgIpc) is 3.04. The van der Waals surface area contributed by atoms with Gasteiger partial charge in [-0.1, -0.05) is 61.5 Å². The Morgan fingerprint density at radius 2 is 1.60 bits per heavy atom. The van der Waals surface area contributed by atoms with Crippen LogP contribution in [0.4, 0.5) is 17.6 Å². The van der Waals surface area contributed by atoms with E-state index < -0.39 is 17.3 Å². The number of hydrogen-bond donors (Lipinski definition) is 1. The lowest BCUT2D eigenvalue weighted by molar-refractivity contribution is -0.137. The Kier molecular flexibility index (Phi) is 10.1. The van der Waals surface area contributed by atoms with Crippen LogP contribution in [0.5, 0.6) is 0 Å². The van der Waals surface area contributed by atoms with Gasteiger partial charge in [-0.15, -0.1) is 0 Å². The van der Waals surface area contributed by atoms with Crippen LogP contribution in [0, 0.1) is 5.82 Å². The fraction of sp³-hybridized carbons (Fsp3) is 0.353. The van der Waals surface area contributed by atoms with Crippen LogP contribution in [0.2, 0.25) is 0 Å². The quantitative estimate of drug-likeness (QED) is 0.234. The van der Waals surface area contributed by atoms with E-state index in [4.69, 9.17) is 0 Å². The van der Waals surface area contributed by atoms with Gasteiger partial charge in [-0.05, 0) is 79.2 Å². The molecule has 1 aromatic heterocycles. The van der Waals surface area contributed by atoms with Gasteiger partial charge in [0.25, 0.3) is 5.56 Å². The van der Waals surface area contributed by atoms with Crippen LogP contribution in [-0.2, 0) is 43.3 Å².